The maximum atomic E-state index is 13.2. The standard InChI is InChI=1S/C25H30N6O3/c1-30(19-8-3-2-4-9-19)24(34)17-11-12-21-20(15-17)28-25(31(21)14-6-10-22(26)32)29-23(33)18-7-5-13-27-16-18/h5,7,11-13,15-16,19H,2-4,6,8-10,14H2,1H3,(H2,26,32)(H,28,29,33). The molecule has 0 unspecified atom stereocenters. The summed E-state index contributed by atoms with van der Waals surface area (Å²) in [6, 6.07) is 9.02. The number of carbonyl (C=O) groups excluding carboxylic acids is 3. The maximum absolute atomic E-state index is 13.2. The summed E-state index contributed by atoms with van der Waals surface area (Å²) in [5, 5.41) is 2.84. The van der Waals surface area contributed by atoms with E-state index in [2.05, 4.69) is 15.3 Å². The quantitative estimate of drug-likeness (QED) is 0.531. The first-order valence-electron chi connectivity index (χ1n) is 11.7. The zero-order valence-electron chi connectivity index (χ0n) is 19.4. The van der Waals surface area contributed by atoms with Gasteiger partial charge in [0.25, 0.3) is 11.8 Å². The molecule has 9 heteroatoms. The van der Waals surface area contributed by atoms with Gasteiger partial charge < -0.3 is 15.2 Å². The van der Waals surface area contributed by atoms with Crippen molar-refractivity contribution in [3.63, 3.8) is 0 Å². The molecule has 0 aliphatic heterocycles. The average Bonchev–Trinajstić information content (AvgIpc) is 3.20. The number of nitrogens with zero attached hydrogens (tertiary/aromatic N) is 4. The molecule has 1 aliphatic carbocycles. The third-order valence-electron chi connectivity index (χ3n) is 6.39. The fraction of sp³-hybridized carbons (Fsp3) is 0.400. The zero-order chi connectivity index (χ0) is 24.1. The van der Waals surface area contributed by atoms with Crippen LogP contribution in [0.25, 0.3) is 11.0 Å². The number of carbonyl (C=O) groups is 3. The van der Waals surface area contributed by atoms with Crippen molar-refractivity contribution in [2.24, 2.45) is 5.73 Å². The second-order valence-electron chi connectivity index (χ2n) is 8.76. The molecule has 3 aromatic rings. The number of fused-ring (bicyclic) bond motifs is 1. The van der Waals surface area contributed by atoms with Gasteiger partial charge in [0.05, 0.1) is 16.6 Å². The number of benzene rings is 1. The number of primary amides is 1. The lowest BCUT2D eigenvalue weighted by atomic mass is 9.94. The van der Waals surface area contributed by atoms with Crippen molar-refractivity contribution in [1.29, 1.82) is 0 Å². The Morgan fingerprint density at radius 1 is 1.15 bits per heavy atom. The summed E-state index contributed by atoms with van der Waals surface area (Å²) >= 11 is 0. The van der Waals surface area contributed by atoms with Crippen LogP contribution in [0.4, 0.5) is 5.95 Å². The first kappa shape index (κ1) is 23.4. The van der Waals surface area contributed by atoms with E-state index in [0.717, 1.165) is 31.2 Å². The second-order valence-corrected chi connectivity index (χ2v) is 8.76. The number of amides is 3. The van der Waals surface area contributed by atoms with Crippen LogP contribution >= 0.6 is 0 Å². The smallest absolute Gasteiger partial charge is 0.259 e. The summed E-state index contributed by atoms with van der Waals surface area (Å²) in [5.41, 5.74) is 7.63. The van der Waals surface area contributed by atoms with Crippen LogP contribution in [0.2, 0.25) is 0 Å². The van der Waals surface area contributed by atoms with Crippen molar-refractivity contribution in [2.75, 3.05) is 12.4 Å². The van der Waals surface area contributed by atoms with E-state index in [1.54, 1.807) is 30.5 Å². The molecule has 2 heterocycles. The van der Waals surface area contributed by atoms with Crippen LogP contribution in [0, 0.1) is 0 Å². The van der Waals surface area contributed by atoms with Gasteiger partial charge in [-0.3, -0.25) is 24.7 Å². The summed E-state index contributed by atoms with van der Waals surface area (Å²) in [6.07, 6.45) is 9.39. The van der Waals surface area contributed by atoms with Crippen molar-refractivity contribution < 1.29 is 14.4 Å². The number of aromatic nitrogens is 3. The lowest BCUT2D eigenvalue weighted by Crippen LogP contribution is -2.38. The van der Waals surface area contributed by atoms with Crippen molar-refractivity contribution in [1.82, 2.24) is 19.4 Å². The van der Waals surface area contributed by atoms with Gasteiger partial charge in [0.1, 0.15) is 0 Å². The third kappa shape index (κ3) is 5.24. The van der Waals surface area contributed by atoms with Gasteiger partial charge in [-0.2, -0.15) is 0 Å². The van der Waals surface area contributed by atoms with Crippen LogP contribution < -0.4 is 11.1 Å². The summed E-state index contributed by atoms with van der Waals surface area (Å²) < 4.78 is 1.84. The van der Waals surface area contributed by atoms with Gasteiger partial charge in [0.2, 0.25) is 11.9 Å². The third-order valence-corrected chi connectivity index (χ3v) is 6.39. The molecule has 3 N–H and O–H groups in total. The number of aryl methyl sites for hydroxylation is 1. The summed E-state index contributed by atoms with van der Waals surface area (Å²) in [7, 11) is 1.87. The number of nitrogens with two attached hydrogens (primary N) is 1. The van der Waals surface area contributed by atoms with Crippen LogP contribution in [-0.2, 0) is 11.3 Å². The number of rotatable bonds is 8. The minimum absolute atomic E-state index is 0.0296. The van der Waals surface area contributed by atoms with Crippen LogP contribution in [0.3, 0.4) is 0 Å². The summed E-state index contributed by atoms with van der Waals surface area (Å²) in [4.78, 5) is 47.6. The first-order chi connectivity index (χ1) is 16.4. The Balaban J connectivity index is 1.62. The molecule has 1 aliphatic rings. The molecule has 178 valence electrons. The predicted octanol–water partition coefficient (Wildman–Crippen LogP) is 3.35. The number of nitrogens with one attached hydrogen (secondary N) is 1. The number of pyridine rings is 1. The molecule has 9 nitrogen and oxygen atoms in total. The van der Waals surface area contributed by atoms with Crippen LogP contribution in [0.15, 0.2) is 42.7 Å². The van der Waals surface area contributed by atoms with E-state index >= 15 is 0 Å². The normalized spacial score (nSPS) is 14.1. The second kappa shape index (κ2) is 10.5. The maximum Gasteiger partial charge on any atom is 0.259 e. The Kier molecular flexibility index (Phi) is 7.20. The Bertz CT molecular complexity index is 1180. The fourth-order valence-corrected chi connectivity index (χ4v) is 4.50. The highest BCUT2D eigenvalue weighted by Gasteiger charge is 2.24. The molecule has 4 rings (SSSR count). The van der Waals surface area contributed by atoms with Gasteiger partial charge in [0, 0.05) is 44.0 Å². The molecular formula is C25H30N6O3. The molecule has 3 amide bonds. The highest BCUT2D eigenvalue weighted by atomic mass is 16.2. The Morgan fingerprint density at radius 2 is 1.94 bits per heavy atom. The van der Waals surface area contributed by atoms with Gasteiger partial charge in [-0.1, -0.05) is 19.3 Å². The lowest BCUT2D eigenvalue weighted by molar-refractivity contribution is -0.118. The van der Waals surface area contributed by atoms with Gasteiger partial charge in [-0.15, -0.1) is 0 Å². The molecular weight excluding hydrogens is 432 g/mol. The highest BCUT2D eigenvalue weighted by Crippen LogP contribution is 2.26. The predicted molar refractivity (Wildman–Crippen MR) is 129 cm³/mol. The van der Waals surface area contributed by atoms with E-state index in [1.807, 2.05) is 22.6 Å². The summed E-state index contributed by atoms with van der Waals surface area (Å²) in [6.45, 7) is 0.442. The molecule has 1 saturated carbocycles. The van der Waals surface area contributed by atoms with E-state index < -0.39 is 0 Å². The number of anilines is 1. The topological polar surface area (TPSA) is 123 Å². The SMILES string of the molecule is CN(C(=O)c1ccc2c(c1)nc(NC(=O)c1cccnc1)n2CCCC(N)=O)C1CCCCC1. The zero-order valence-corrected chi connectivity index (χ0v) is 19.4. The summed E-state index contributed by atoms with van der Waals surface area (Å²) in [5.74, 6) is -0.409. The molecule has 0 saturated heterocycles. The minimum Gasteiger partial charge on any atom is -0.370 e. The first-order valence-corrected chi connectivity index (χ1v) is 11.7. The molecule has 34 heavy (non-hydrogen) atoms. The van der Waals surface area contributed by atoms with Crippen LogP contribution in [-0.4, -0.2) is 50.2 Å². The molecule has 0 atom stereocenters. The Labute approximate surface area is 198 Å². The van der Waals surface area contributed by atoms with Crippen molar-refractivity contribution in [2.45, 2.75) is 57.5 Å². The molecule has 2 aromatic heterocycles. The van der Waals surface area contributed by atoms with Gasteiger partial charge >= 0.3 is 0 Å². The fourth-order valence-electron chi connectivity index (χ4n) is 4.50. The van der Waals surface area contributed by atoms with Gasteiger partial charge in [-0.05, 0) is 49.6 Å². The Morgan fingerprint density at radius 3 is 2.65 bits per heavy atom. The van der Waals surface area contributed by atoms with Crippen molar-refractivity contribution in [3.8, 4) is 0 Å². The monoisotopic (exact) mass is 462 g/mol. The lowest BCUT2D eigenvalue weighted by Gasteiger charge is -2.31. The largest absolute Gasteiger partial charge is 0.370 e. The Hall–Kier alpha value is -3.75. The average molecular weight is 463 g/mol. The van der Waals surface area contributed by atoms with E-state index in [9.17, 15) is 14.4 Å². The number of imidazole rings is 1. The van der Waals surface area contributed by atoms with E-state index in [1.165, 1.54) is 12.6 Å². The van der Waals surface area contributed by atoms with E-state index in [0.29, 0.717) is 35.6 Å². The molecule has 1 aromatic carbocycles. The molecule has 0 bridgehead atoms. The number of hydrogen-bond donors (Lipinski definition) is 2. The van der Waals surface area contributed by atoms with Gasteiger partial charge in [0.15, 0.2) is 0 Å². The van der Waals surface area contributed by atoms with Gasteiger partial charge in [-0.25, -0.2) is 4.98 Å². The number of hydrogen-bond acceptors (Lipinski definition) is 5. The molecule has 0 radical (unpaired) electrons. The molecule has 0 spiro atoms. The minimum atomic E-state index is -0.385. The van der Waals surface area contributed by atoms with Crippen molar-refractivity contribution in [3.05, 3.63) is 53.9 Å². The van der Waals surface area contributed by atoms with E-state index in [-0.39, 0.29) is 30.2 Å². The van der Waals surface area contributed by atoms with E-state index in [4.69, 9.17) is 5.73 Å². The highest BCUT2D eigenvalue weighted by molar-refractivity contribution is 6.04. The van der Waals surface area contributed by atoms with Crippen LogP contribution in [0.1, 0.15) is 65.7 Å². The van der Waals surface area contributed by atoms with Crippen molar-refractivity contribution >= 4 is 34.7 Å². The van der Waals surface area contributed by atoms with Crippen LogP contribution in [0.5, 0.6) is 0 Å². The molecule has 1 fully saturated rings.